The standard InChI is InChI=1S/C28H41N5/c1-7-26-30-27-21(4)17-22(5)29-28(27)33(26)18-24-12-10-23(11-13-24)9-8-14-32-16-15-31(6)19-25(32)20(2)3/h10-13,17,20,25H,7-9,14-16,18-19H2,1-6H3. The van der Waals surface area contributed by atoms with Gasteiger partial charge in [-0.15, -0.1) is 0 Å². The molecule has 0 amide bonds. The molecule has 0 saturated carbocycles. The molecule has 1 aliphatic heterocycles. The molecule has 1 atom stereocenters. The number of aromatic nitrogens is 3. The predicted octanol–water partition coefficient (Wildman–Crippen LogP) is 4.86. The van der Waals surface area contributed by atoms with Crippen LogP contribution in [0.3, 0.4) is 0 Å². The first kappa shape index (κ1) is 23.9. The van der Waals surface area contributed by atoms with E-state index in [1.807, 2.05) is 0 Å². The van der Waals surface area contributed by atoms with E-state index in [1.54, 1.807) is 0 Å². The van der Waals surface area contributed by atoms with Gasteiger partial charge in [0.1, 0.15) is 11.3 Å². The average Bonchev–Trinajstić information content (AvgIpc) is 3.13. The summed E-state index contributed by atoms with van der Waals surface area (Å²) in [4.78, 5) is 14.9. The maximum atomic E-state index is 4.89. The van der Waals surface area contributed by atoms with Gasteiger partial charge in [0.2, 0.25) is 0 Å². The number of aryl methyl sites for hydroxylation is 4. The number of pyridine rings is 1. The van der Waals surface area contributed by atoms with Crippen molar-refractivity contribution in [3.05, 3.63) is 58.5 Å². The zero-order chi connectivity index (χ0) is 23.5. The van der Waals surface area contributed by atoms with Gasteiger partial charge in [-0.1, -0.05) is 45.0 Å². The highest BCUT2D eigenvalue weighted by Crippen LogP contribution is 2.22. The van der Waals surface area contributed by atoms with Crippen LogP contribution in [-0.2, 0) is 19.4 Å². The van der Waals surface area contributed by atoms with Gasteiger partial charge in [-0.2, -0.15) is 0 Å². The van der Waals surface area contributed by atoms with Crippen molar-refractivity contribution in [2.45, 2.75) is 66.5 Å². The first-order valence-corrected chi connectivity index (χ1v) is 12.7. The van der Waals surface area contributed by atoms with E-state index in [4.69, 9.17) is 9.97 Å². The Morgan fingerprint density at radius 1 is 1.03 bits per heavy atom. The fraction of sp³-hybridized carbons (Fsp3) is 0.571. The fourth-order valence-corrected chi connectivity index (χ4v) is 5.27. The van der Waals surface area contributed by atoms with Gasteiger partial charge in [-0.3, -0.25) is 4.90 Å². The summed E-state index contributed by atoms with van der Waals surface area (Å²) in [5.74, 6) is 1.82. The predicted molar refractivity (Wildman–Crippen MR) is 138 cm³/mol. The van der Waals surface area contributed by atoms with Gasteiger partial charge in [0.15, 0.2) is 5.65 Å². The van der Waals surface area contributed by atoms with Crippen molar-refractivity contribution in [3.63, 3.8) is 0 Å². The van der Waals surface area contributed by atoms with Crippen molar-refractivity contribution in [3.8, 4) is 0 Å². The smallest absolute Gasteiger partial charge is 0.160 e. The molecule has 5 nitrogen and oxygen atoms in total. The van der Waals surface area contributed by atoms with Crippen LogP contribution in [0.25, 0.3) is 11.2 Å². The number of benzene rings is 1. The molecule has 0 aliphatic carbocycles. The van der Waals surface area contributed by atoms with Crippen molar-refractivity contribution in [1.29, 1.82) is 0 Å². The van der Waals surface area contributed by atoms with E-state index in [0.717, 1.165) is 42.1 Å². The van der Waals surface area contributed by atoms with E-state index < -0.39 is 0 Å². The van der Waals surface area contributed by atoms with E-state index in [-0.39, 0.29) is 0 Å². The minimum Gasteiger partial charge on any atom is -0.308 e. The number of imidazole rings is 1. The van der Waals surface area contributed by atoms with Gasteiger partial charge < -0.3 is 9.47 Å². The molecular formula is C28H41N5. The average molecular weight is 448 g/mol. The van der Waals surface area contributed by atoms with Crippen LogP contribution in [0.4, 0.5) is 0 Å². The number of fused-ring (bicyclic) bond motifs is 1. The lowest BCUT2D eigenvalue weighted by Gasteiger charge is -2.42. The summed E-state index contributed by atoms with van der Waals surface area (Å²) in [5.41, 5.74) is 7.07. The van der Waals surface area contributed by atoms with E-state index >= 15 is 0 Å². The van der Waals surface area contributed by atoms with Crippen LogP contribution in [-0.4, -0.2) is 63.6 Å². The largest absolute Gasteiger partial charge is 0.308 e. The Kier molecular flexibility index (Phi) is 7.50. The topological polar surface area (TPSA) is 37.2 Å². The maximum absolute atomic E-state index is 4.89. The first-order valence-electron chi connectivity index (χ1n) is 12.7. The van der Waals surface area contributed by atoms with Crippen LogP contribution in [0.15, 0.2) is 30.3 Å². The second kappa shape index (κ2) is 10.4. The first-order chi connectivity index (χ1) is 15.9. The summed E-state index contributed by atoms with van der Waals surface area (Å²) < 4.78 is 2.30. The van der Waals surface area contributed by atoms with Gasteiger partial charge >= 0.3 is 0 Å². The Morgan fingerprint density at radius 2 is 1.76 bits per heavy atom. The quantitative estimate of drug-likeness (QED) is 0.494. The molecule has 0 spiro atoms. The molecule has 178 valence electrons. The summed E-state index contributed by atoms with van der Waals surface area (Å²) in [6, 6.07) is 12.0. The molecule has 4 rings (SSSR count). The second-order valence-electron chi connectivity index (χ2n) is 10.3. The molecule has 1 aliphatic rings. The lowest BCUT2D eigenvalue weighted by Crippen LogP contribution is -2.54. The second-order valence-corrected chi connectivity index (χ2v) is 10.3. The third-order valence-electron chi connectivity index (χ3n) is 7.20. The minimum absolute atomic E-state index is 0.685. The summed E-state index contributed by atoms with van der Waals surface area (Å²) >= 11 is 0. The molecule has 0 radical (unpaired) electrons. The molecule has 33 heavy (non-hydrogen) atoms. The van der Waals surface area contributed by atoms with Gasteiger partial charge in [0, 0.05) is 37.8 Å². The monoisotopic (exact) mass is 447 g/mol. The summed E-state index contributed by atoms with van der Waals surface area (Å²) in [5, 5.41) is 0. The van der Waals surface area contributed by atoms with Crippen LogP contribution in [0.2, 0.25) is 0 Å². The fourth-order valence-electron chi connectivity index (χ4n) is 5.27. The summed E-state index contributed by atoms with van der Waals surface area (Å²) in [6.45, 7) is 16.7. The number of likely N-dealkylation sites (N-methyl/N-ethyl adjacent to an activating group) is 1. The van der Waals surface area contributed by atoms with Crippen LogP contribution >= 0.6 is 0 Å². The molecule has 5 heteroatoms. The number of nitrogens with zero attached hydrogens (tertiary/aromatic N) is 5. The Labute approximate surface area is 199 Å². The molecule has 3 heterocycles. The summed E-state index contributed by atoms with van der Waals surface area (Å²) in [6.07, 6.45) is 3.28. The molecule has 2 aromatic heterocycles. The Bertz CT molecular complexity index is 1070. The molecular weight excluding hydrogens is 406 g/mol. The van der Waals surface area contributed by atoms with Crippen LogP contribution < -0.4 is 0 Å². The van der Waals surface area contributed by atoms with Gasteiger partial charge in [-0.05, 0) is 69.0 Å². The van der Waals surface area contributed by atoms with Crippen molar-refractivity contribution >= 4 is 11.2 Å². The third kappa shape index (κ3) is 5.47. The zero-order valence-electron chi connectivity index (χ0n) is 21.4. The normalized spacial score (nSPS) is 18.0. The number of piperazine rings is 1. The molecule has 0 bridgehead atoms. The Hall–Kier alpha value is -2.24. The number of rotatable bonds is 8. The highest BCUT2D eigenvalue weighted by atomic mass is 15.3. The molecule has 1 unspecified atom stereocenters. The van der Waals surface area contributed by atoms with E-state index in [9.17, 15) is 0 Å². The summed E-state index contributed by atoms with van der Waals surface area (Å²) in [7, 11) is 2.25. The van der Waals surface area contributed by atoms with Crippen molar-refractivity contribution in [2.75, 3.05) is 33.2 Å². The van der Waals surface area contributed by atoms with Gasteiger partial charge in [0.05, 0.1) is 6.54 Å². The van der Waals surface area contributed by atoms with Crippen LogP contribution in [0, 0.1) is 19.8 Å². The molecule has 1 aromatic carbocycles. The highest BCUT2D eigenvalue weighted by molar-refractivity contribution is 5.76. The van der Waals surface area contributed by atoms with E-state index in [0.29, 0.717) is 12.0 Å². The highest BCUT2D eigenvalue weighted by Gasteiger charge is 2.26. The third-order valence-corrected chi connectivity index (χ3v) is 7.20. The minimum atomic E-state index is 0.685. The Balaban J connectivity index is 1.39. The SMILES string of the molecule is CCc1nc2c(C)cc(C)nc2n1Cc1ccc(CCCN2CCN(C)CC2C(C)C)cc1. The van der Waals surface area contributed by atoms with E-state index in [1.165, 1.54) is 49.3 Å². The Morgan fingerprint density at radius 3 is 2.45 bits per heavy atom. The molecule has 1 saturated heterocycles. The molecule has 3 aromatic rings. The van der Waals surface area contributed by atoms with Gasteiger partial charge in [-0.25, -0.2) is 9.97 Å². The lowest BCUT2D eigenvalue weighted by molar-refractivity contribution is 0.0624. The lowest BCUT2D eigenvalue weighted by atomic mass is 9.99. The maximum Gasteiger partial charge on any atom is 0.160 e. The van der Waals surface area contributed by atoms with Crippen molar-refractivity contribution in [1.82, 2.24) is 24.3 Å². The van der Waals surface area contributed by atoms with Crippen molar-refractivity contribution < 1.29 is 0 Å². The van der Waals surface area contributed by atoms with E-state index in [2.05, 4.69) is 86.4 Å². The van der Waals surface area contributed by atoms with Crippen LogP contribution in [0.5, 0.6) is 0 Å². The molecule has 1 fully saturated rings. The zero-order valence-corrected chi connectivity index (χ0v) is 21.4. The molecule has 0 N–H and O–H groups in total. The van der Waals surface area contributed by atoms with Crippen LogP contribution in [0.1, 0.15) is 55.4 Å². The number of hydrogen-bond donors (Lipinski definition) is 0. The number of hydrogen-bond acceptors (Lipinski definition) is 4. The van der Waals surface area contributed by atoms with Gasteiger partial charge in [0.25, 0.3) is 0 Å². The van der Waals surface area contributed by atoms with Crippen molar-refractivity contribution in [2.24, 2.45) is 5.92 Å².